The third kappa shape index (κ3) is 5.53. The van der Waals surface area contributed by atoms with Gasteiger partial charge in [0, 0.05) is 24.7 Å². The molecule has 2 aliphatic rings. The lowest BCUT2D eigenvalue weighted by Gasteiger charge is -2.29. The van der Waals surface area contributed by atoms with Crippen LogP contribution in [-0.2, 0) is 22.6 Å². The number of nitrogens with one attached hydrogen (secondary N) is 3. The van der Waals surface area contributed by atoms with E-state index in [1.165, 1.54) is 11.1 Å². The first-order valence-corrected chi connectivity index (χ1v) is 11.4. The van der Waals surface area contributed by atoms with E-state index in [-0.39, 0.29) is 23.8 Å². The number of aryl methyl sites for hydroxylation is 2. The fourth-order valence-electron chi connectivity index (χ4n) is 4.93. The van der Waals surface area contributed by atoms with Crippen molar-refractivity contribution < 1.29 is 9.59 Å². The minimum atomic E-state index is -0.158. The maximum Gasteiger partial charge on any atom is 0.237 e. The minimum Gasteiger partial charge on any atom is -0.354 e. The van der Waals surface area contributed by atoms with Gasteiger partial charge in [0.25, 0.3) is 0 Å². The van der Waals surface area contributed by atoms with Gasteiger partial charge in [0.2, 0.25) is 11.8 Å². The maximum absolute atomic E-state index is 12.7. The van der Waals surface area contributed by atoms with Crippen molar-refractivity contribution in [3.05, 3.63) is 64.7 Å². The predicted octanol–water partition coefficient (Wildman–Crippen LogP) is 3.88. The molecule has 31 heavy (non-hydrogen) atoms. The Hall–Kier alpha value is -2.66. The Morgan fingerprint density at radius 1 is 0.935 bits per heavy atom. The molecule has 0 bridgehead atoms. The lowest BCUT2D eigenvalue weighted by Crippen LogP contribution is -2.48. The van der Waals surface area contributed by atoms with Crippen molar-refractivity contribution in [1.29, 1.82) is 0 Å². The summed E-state index contributed by atoms with van der Waals surface area (Å²) in [5.41, 5.74) is 5.75. The standard InChI is InChI=1S/C26H33N3O2/c1-17-11-18(2)13-23(12-17)29-25(30)20-9-7-19(8-10-20)15-28-26(31)24-14-21-5-3-4-6-22(21)16-27-24/h3-6,11-13,19-20,24,27H,7-10,14-16H2,1-2H3,(H,28,31)(H,29,30)/t19?,20?,24-/m1/s1. The normalized spacial score (nSPS) is 23.0. The van der Waals surface area contributed by atoms with Crippen LogP contribution in [0.1, 0.15) is 47.9 Å². The topological polar surface area (TPSA) is 70.2 Å². The molecule has 4 rings (SSSR count). The molecule has 1 aliphatic heterocycles. The van der Waals surface area contributed by atoms with Gasteiger partial charge in [0.05, 0.1) is 6.04 Å². The number of hydrogen-bond donors (Lipinski definition) is 3. The van der Waals surface area contributed by atoms with Crippen molar-refractivity contribution in [3.8, 4) is 0 Å². The molecule has 2 aromatic rings. The highest BCUT2D eigenvalue weighted by atomic mass is 16.2. The van der Waals surface area contributed by atoms with Crippen molar-refractivity contribution in [2.75, 3.05) is 11.9 Å². The smallest absolute Gasteiger partial charge is 0.237 e. The minimum absolute atomic E-state index is 0.0595. The number of rotatable bonds is 5. The summed E-state index contributed by atoms with van der Waals surface area (Å²) >= 11 is 0. The van der Waals surface area contributed by atoms with E-state index < -0.39 is 0 Å². The summed E-state index contributed by atoms with van der Waals surface area (Å²) in [7, 11) is 0. The molecule has 164 valence electrons. The molecule has 0 radical (unpaired) electrons. The molecule has 5 heteroatoms. The van der Waals surface area contributed by atoms with Gasteiger partial charge in [-0.3, -0.25) is 9.59 Å². The van der Waals surface area contributed by atoms with Crippen LogP contribution in [0.15, 0.2) is 42.5 Å². The van der Waals surface area contributed by atoms with E-state index in [1.54, 1.807) is 0 Å². The number of fused-ring (bicyclic) bond motifs is 1. The summed E-state index contributed by atoms with van der Waals surface area (Å²) in [5, 5.41) is 9.59. The van der Waals surface area contributed by atoms with Crippen LogP contribution in [0.5, 0.6) is 0 Å². The summed E-state index contributed by atoms with van der Waals surface area (Å²) in [6.45, 7) is 5.53. The second-order valence-electron chi connectivity index (χ2n) is 9.23. The summed E-state index contributed by atoms with van der Waals surface area (Å²) < 4.78 is 0. The molecule has 1 atom stereocenters. The number of anilines is 1. The number of carbonyl (C=O) groups is 2. The second kappa shape index (κ2) is 9.65. The fourth-order valence-corrected chi connectivity index (χ4v) is 4.93. The second-order valence-corrected chi connectivity index (χ2v) is 9.23. The van der Waals surface area contributed by atoms with E-state index in [2.05, 4.69) is 34.1 Å². The molecule has 1 heterocycles. The molecule has 5 nitrogen and oxygen atoms in total. The number of amides is 2. The van der Waals surface area contributed by atoms with Crippen LogP contribution in [0.3, 0.4) is 0 Å². The largest absolute Gasteiger partial charge is 0.354 e. The lowest BCUT2D eigenvalue weighted by molar-refractivity contribution is -0.124. The van der Waals surface area contributed by atoms with E-state index in [0.29, 0.717) is 12.5 Å². The van der Waals surface area contributed by atoms with Gasteiger partial charge < -0.3 is 16.0 Å². The van der Waals surface area contributed by atoms with Crippen LogP contribution in [0.25, 0.3) is 0 Å². The Morgan fingerprint density at radius 3 is 2.32 bits per heavy atom. The van der Waals surface area contributed by atoms with E-state index >= 15 is 0 Å². The van der Waals surface area contributed by atoms with Gasteiger partial charge >= 0.3 is 0 Å². The van der Waals surface area contributed by atoms with Gasteiger partial charge in [-0.1, -0.05) is 30.3 Å². The number of hydrogen-bond acceptors (Lipinski definition) is 3. The average Bonchev–Trinajstić information content (AvgIpc) is 2.76. The molecule has 0 spiro atoms. The van der Waals surface area contributed by atoms with Gasteiger partial charge in [-0.05, 0) is 86.3 Å². The van der Waals surface area contributed by atoms with Crippen molar-refractivity contribution in [3.63, 3.8) is 0 Å². The molecular weight excluding hydrogens is 386 g/mol. The van der Waals surface area contributed by atoms with Crippen LogP contribution in [0.2, 0.25) is 0 Å². The van der Waals surface area contributed by atoms with Crippen molar-refractivity contribution in [1.82, 2.24) is 10.6 Å². The molecule has 0 unspecified atom stereocenters. The van der Waals surface area contributed by atoms with E-state index in [4.69, 9.17) is 0 Å². The molecule has 1 aliphatic carbocycles. The van der Waals surface area contributed by atoms with Crippen LogP contribution < -0.4 is 16.0 Å². The predicted molar refractivity (Wildman–Crippen MR) is 124 cm³/mol. The first kappa shape index (κ1) is 21.6. The van der Waals surface area contributed by atoms with Gasteiger partial charge in [-0.25, -0.2) is 0 Å². The summed E-state index contributed by atoms with van der Waals surface area (Å²) in [4.78, 5) is 25.3. The molecule has 2 amide bonds. The van der Waals surface area contributed by atoms with Crippen LogP contribution in [0, 0.1) is 25.7 Å². The lowest BCUT2D eigenvalue weighted by atomic mass is 9.81. The highest BCUT2D eigenvalue weighted by Gasteiger charge is 2.28. The maximum atomic E-state index is 12.7. The van der Waals surface area contributed by atoms with Crippen LogP contribution in [-0.4, -0.2) is 24.4 Å². The van der Waals surface area contributed by atoms with Crippen LogP contribution in [0.4, 0.5) is 5.69 Å². The van der Waals surface area contributed by atoms with E-state index in [1.807, 2.05) is 38.1 Å². The monoisotopic (exact) mass is 419 g/mol. The highest BCUT2D eigenvalue weighted by Crippen LogP contribution is 2.29. The molecule has 0 aromatic heterocycles. The number of carbonyl (C=O) groups excluding carboxylic acids is 2. The third-order valence-electron chi connectivity index (χ3n) is 6.67. The quantitative estimate of drug-likeness (QED) is 0.689. The molecule has 1 saturated carbocycles. The first-order valence-electron chi connectivity index (χ1n) is 11.4. The zero-order chi connectivity index (χ0) is 21.8. The average molecular weight is 420 g/mol. The SMILES string of the molecule is Cc1cc(C)cc(NC(=O)C2CCC(CNC(=O)[C@H]3Cc4ccccc4CN3)CC2)c1. The highest BCUT2D eigenvalue weighted by molar-refractivity contribution is 5.92. The van der Waals surface area contributed by atoms with Gasteiger partial charge in [-0.15, -0.1) is 0 Å². The van der Waals surface area contributed by atoms with E-state index in [0.717, 1.165) is 55.5 Å². The Kier molecular flexibility index (Phi) is 6.71. The Morgan fingerprint density at radius 2 is 1.61 bits per heavy atom. The Labute approximate surface area is 185 Å². The molecule has 2 aromatic carbocycles. The van der Waals surface area contributed by atoms with Gasteiger partial charge in [-0.2, -0.15) is 0 Å². The summed E-state index contributed by atoms with van der Waals surface area (Å²) in [6.07, 6.45) is 4.46. The zero-order valence-electron chi connectivity index (χ0n) is 18.5. The van der Waals surface area contributed by atoms with Crippen molar-refractivity contribution in [2.45, 2.75) is 58.5 Å². The molecular formula is C26H33N3O2. The molecule has 1 fully saturated rings. The Balaban J connectivity index is 1.20. The summed E-state index contributed by atoms with van der Waals surface area (Å²) in [6, 6.07) is 14.3. The Bertz CT molecular complexity index is 927. The zero-order valence-corrected chi connectivity index (χ0v) is 18.5. The van der Waals surface area contributed by atoms with E-state index in [9.17, 15) is 9.59 Å². The summed E-state index contributed by atoms with van der Waals surface area (Å²) in [5.74, 6) is 0.719. The molecule has 0 saturated heterocycles. The van der Waals surface area contributed by atoms with Gasteiger partial charge in [0.15, 0.2) is 0 Å². The van der Waals surface area contributed by atoms with Crippen molar-refractivity contribution >= 4 is 17.5 Å². The molecule has 3 N–H and O–H groups in total. The first-order chi connectivity index (χ1) is 15.0. The van der Waals surface area contributed by atoms with Crippen LogP contribution >= 0.6 is 0 Å². The van der Waals surface area contributed by atoms with Gasteiger partial charge in [0.1, 0.15) is 0 Å². The number of benzene rings is 2. The fraction of sp³-hybridized carbons (Fsp3) is 0.462. The third-order valence-corrected chi connectivity index (χ3v) is 6.67. The van der Waals surface area contributed by atoms with Crippen molar-refractivity contribution in [2.24, 2.45) is 11.8 Å².